The Balaban J connectivity index is 3.87. The molecule has 1 amide bonds. The lowest BCUT2D eigenvalue weighted by atomic mass is 10.0. The van der Waals surface area contributed by atoms with Gasteiger partial charge < -0.3 is 20.6 Å². The zero-order valence-electron chi connectivity index (χ0n) is 9.70. The summed E-state index contributed by atoms with van der Waals surface area (Å²) < 4.78 is 0. The number of unbranched alkanes of at least 4 members (excludes halogenated alkanes) is 1. The Bertz CT molecular complexity index is 187. The predicted molar refractivity (Wildman–Crippen MR) is 59.9 cm³/mol. The second kappa shape index (κ2) is 8.46. The minimum atomic E-state index is -1.19. The lowest BCUT2D eigenvalue weighted by Gasteiger charge is -2.28. The third-order valence-electron chi connectivity index (χ3n) is 2.38. The van der Waals surface area contributed by atoms with E-state index in [4.69, 9.17) is 15.3 Å². The maximum atomic E-state index is 11.3. The van der Waals surface area contributed by atoms with Crippen molar-refractivity contribution in [3.63, 3.8) is 0 Å². The van der Waals surface area contributed by atoms with E-state index >= 15 is 0 Å². The van der Waals surface area contributed by atoms with Crippen molar-refractivity contribution in [3.05, 3.63) is 0 Å². The molecule has 0 aromatic heterocycles. The minimum absolute atomic E-state index is 0.0363. The summed E-state index contributed by atoms with van der Waals surface area (Å²) in [5.41, 5.74) is -1.19. The second-order valence-corrected chi connectivity index (χ2v) is 3.81. The molecule has 0 radical (unpaired) electrons. The van der Waals surface area contributed by atoms with Gasteiger partial charge in [-0.25, -0.2) is 0 Å². The molecule has 0 fully saturated rings. The Morgan fingerprint density at radius 3 is 2.19 bits per heavy atom. The first-order valence-corrected chi connectivity index (χ1v) is 5.48. The van der Waals surface area contributed by atoms with E-state index in [1.807, 2.05) is 6.92 Å². The van der Waals surface area contributed by atoms with Crippen LogP contribution in [0.4, 0.5) is 0 Å². The third-order valence-corrected chi connectivity index (χ3v) is 2.38. The molecule has 0 aliphatic rings. The summed E-state index contributed by atoms with van der Waals surface area (Å²) >= 11 is 0. The van der Waals surface area contributed by atoms with E-state index in [1.165, 1.54) is 0 Å². The lowest BCUT2D eigenvalue weighted by molar-refractivity contribution is -0.121. The molecule has 5 N–H and O–H groups in total. The van der Waals surface area contributed by atoms with Gasteiger partial charge in [0.05, 0.1) is 31.9 Å². The molecule has 0 saturated heterocycles. The van der Waals surface area contributed by atoms with Gasteiger partial charge in [0.1, 0.15) is 0 Å². The monoisotopic (exact) mass is 234 g/mol. The van der Waals surface area contributed by atoms with Crippen LogP contribution < -0.4 is 10.6 Å². The molecule has 0 aromatic carbocycles. The van der Waals surface area contributed by atoms with Crippen molar-refractivity contribution in [1.82, 2.24) is 10.6 Å². The van der Waals surface area contributed by atoms with Crippen LogP contribution in [0.1, 0.15) is 19.8 Å². The molecule has 0 heterocycles. The fourth-order valence-electron chi connectivity index (χ4n) is 1.05. The maximum absolute atomic E-state index is 11.3. The maximum Gasteiger partial charge on any atom is 0.233 e. The number of carbonyl (C=O) groups is 1. The molecular formula is C10H22N2O4. The highest BCUT2D eigenvalue weighted by molar-refractivity contribution is 5.78. The molecular weight excluding hydrogens is 212 g/mol. The topological polar surface area (TPSA) is 102 Å². The number of amides is 1. The number of carbonyl (C=O) groups excluding carboxylic acids is 1. The molecule has 6 heteroatoms. The number of aliphatic hydroxyl groups excluding tert-OH is 3. The highest BCUT2D eigenvalue weighted by atomic mass is 16.3. The van der Waals surface area contributed by atoms with Crippen LogP contribution in [-0.4, -0.2) is 59.7 Å². The van der Waals surface area contributed by atoms with Crippen LogP contribution in [0.3, 0.4) is 0 Å². The van der Waals surface area contributed by atoms with Crippen molar-refractivity contribution < 1.29 is 20.1 Å². The van der Waals surface area contributed by atoms with Gasteiger partial charge in [-0.15, -0.1) is 0 Å². The number of nitrogens with one attached hydrogen (secondary N) is 2. The van der Waals surface area contributed by atoms with Crippen molar-refractivity contribution in [3.8, 4) is 0 Å². The number of rotatable bonds is 9. The van der Waals surface area contributed by atoms with Gasteiger partial charge >= 0.3 is 0 Å². The van der Waals surface area contributed by atoms with E-state index < -0.39 is 25.4 Å². The van der Waals surface area contributed by atoms with E-state index in [1.54, 1.807) is 0 Å². The summed E-state index contributed by atoms with van der Waals surface area (Å²) in [6.45, 7) is 1.32. The molecule has 6 nitrogen and oxygen atoms in total. The van der Waals surface area contributed by atoms with E-state index in [-0.39, 0.29) is 12.5 Å². The van der Waals surface area contributed by atoms with Gasteiger partial charge in [0.25, 0.3) is 0 Å². The first kappa shape index (κ1) is 15.3. The summed E-state index contributed by atoms with van der Waals surface area (Å²) in [5, 5.41) is 32.3. The Hall–Kier alpha value is -0.690. The van der Waals surface area contributed by atoms with Crippen molar-refractivity contribution in [2.45, 2.75) is 25.3 Å². The van der Waals surface area contributed by atoms with Gasteiger partial charge in [-0.05, 0) is 6.42 Å². The molecule has 0 aromatic rings. The summed E-state index contributed by atoms with van der Waals surface area (Å²) in [6.07, 6.45) is 1.92. The normalized spacial score (nSPS) is 11.5. The van der Waals surface area contributed by atoms with Crippen LogP contribution in [0.25, 0.3) is 0 Å². The van der Waals surface area contributed by atoms with E-state index in [0.29, 0.717) is 6.54 Å². The van der Waals surface area contributed by atoms with Crippen molar-refractivity contribution in [2.24, 2.45) is 0 Å². The zero-order valence-corrected chi connectivity index (χ0v) is 9.70. The summed E-state index contributed by atoms with van der Waals surface area (Å²) in [6, 6.07) is 0. The predicted octanol–water partition coefficient (Wildman–Crippen LogP) is -1.79. The summed E-state index contributed by atoms with van der Waals surface area (Å²) in [5.74, 6) is -0.215. The highest BCUT2D eigenvalue weighted by Crippen LogP contribution is 2.00. The summed E-state index contributed by atoms with van der Waals surface area (Å²) in [7, 11) is 0. The quantitative estimate of drug-likeness (QED) is 0.303. The third kappa shape index (κ3) is 5.41. The molecule has 0 aliphatic heterocycles. The van der Waals surface area contributed by atoms with Crippen LogP contribution in [0.2, 0.25) is 0 Å². The van der Waals surface area contributed by atoms with Gasteiger partial charge in [0.2, 0.25) is 5.91 Å². The molecule has 0 aliphatic carbocycles. The van der Waals surface area contributed by atoms with Crippen molar-refractivity contribution in [2.75, 3.05) is 32.9 Å². The van der Waals surface area contributed by atoms with Gasteiger partial charge in [0, 0.05) is 6.54 Å². The Kier molecular flexibility index (Phi) is 8.10. The van der Waals surface area contributed by atoms with Crippen LogP contribution in [-0.2, 0) is 4.79 Å². The molecule has 0 rings (SSSR count). The van der Waals surface area contributed by atoms with Gasteiger partial charge in [-0.2, -0.15) is 0 Å². The van der Waals surface area contributed by atoms with E-state index in [0.717, 1.165) is 12.8 Å². The first-order valence-electron chi connectivity index (χ1n) is 5.48. The Morgan fingerprint density at radius 2 is 1.75 bits per heavy atom. The smallest absolute Gasteiger partial charge is 0.233 e. The molecule has 96 valence electrons. The van der Waals surface area contributed by atoms with Gasteiger partial charge in [-0.1, -0.05) is 13.3 Å². The molecule has 0 spiro atoms. The fourth-order valence-corrected chi connectivity index (χ4v) is 1.05. The molecule has 16 heavy (non-hydrogen) atoms. The summed E-state index contributed by atoms with van der Waals surface area (Å²) in [4.78, 5) is 11.3. The second-order valence-electron chi connectivity index (χ2n) is 3.81. The average molecular weight is 234 g/mol. The average Bonchev–Trinajstić information content (AvgIpc) is 2.32. The minimum Gasteiger partial charge on any atom is -0.394 e. The standard InChI is InChI=1S/C10H22N2O4/c1-2-3-4-11-9(16)5-12-10(6-13,7-14)8-15/h12-15H,2-8H2,1H3,(H,11,16). The molecule has 0 atom stereocenters. The Labute approximate surface area is 95.7 Å². The Morgan fingerprint density at radius 1 is 1.19 bits per heavy atom. The number of hydrogen-bond acceptors (Lipinski definition) is 5. The molecule has 0 bridgehead atoms. The highest BCUT2D eigenvalue weighted by Gasteiger charge is 2.27. The molecule has 0 unspecified atom stereocenters. The SMILES string of the molecule is CCCCNC(=O)CNC(CO)(CO)CO. The van der Waals surface area contributed by atoms with Gasteiger partial charge in [-0.3, -0.25) is 10.1 Å². The van der Waals surface area contributed by atoms with Crippen molar-refractivity contribution in [1.29, 1.82) is 0 Å². The van der Waals surface area contributed by atoms with Crippen molar-refractivity contribution >= 4 is 5.91 Å². The fraction of sp³-hybridized carbons (Fsp3) is 0.900. The first-order chi connectivity index (χ1) is 7.64. The largest absolute Gasteiger partial charge is 0.394 e. The lowest BCUT2D eigenvalue weighted by Crippen LogP contribution is -2.57. The molecule has 0 saturated carbocycles. The van der Waals surface area contributed by atoms with Crippen LogP contribution in [0.15, 0.2) is 0 Å². The van der Waals surface area contributed by atoms with Crippen LogP contribution in [0.5, 0.6) is 0 Å². The van der Waals surface area contributed by atoms with E-state index in [9.17, 15) is 4.79 Å². The van der Waals surface area contributed by atoms with Gasteiger partial charge in [0.15, 0.2) is 0 Å². The number of hydrogen-bond donors (Lipinski definition) is 5. The zero-order chi connectivity index (χ0) is 12.4. The van der Waals surface area contributed by atoms with E-state index in [2.05, 4.69) is 10.6 Å². The number of aliphatic hydroxyl groups is 3. The van der Waals surface area contributed by atoms with Crippen LogP contribution >= 0.6 is 0 Å². The van der Waals surface area contributed by atoms with Crippen LogP contribution in [0, 0.1) is 0 Å².